The molecule has 0 aromatic heterocycles. The second-order valence-electron chi connectivity index (χ2n) is 2.94. The number of esters is 1. The molecule has 4 nitrogen and oxygen atoms in total. The van der Waals surface area contributed by atoms with Crippen molar-refractivity contribution in [3.8, 4) is 0 Å². The molecule has 1 unspecified atom stereocenters. The van der Waals surface area contributed by atoms with Gasteiger partial charge in [0.05, 0.1) is 0 Å². The predicted molar refractivity (Wildman–Crippen MR) is 60.5 cm³/mol. The van der Waals surface area contributed by atoms with Gasteiger partial charge in [-0.2, -0.15) is 0 Å². The van der Waals surface area contributed by atoms with E-state index < -0.39 is 12.0 Å². The Morgan fingerprint density at radius 1 is 1.33 bits per heavy atom. The van der Waals surface area contributed by atoms with Gasteiger partial charge in [-0.3, -0.25) is 4.79 Å². The molecule has 1 aromatic rings. The maximum Gasteiger partial charge on any atom is 0.324 e. The quantitative estimate of drug-likeness (QED) is 0.736. The molecule has 0 saturated heterocycles. The number of carbonyl (C=O) groups excluding carboxylic acids is 1. The summed E-state index contributed by atoms with van der Waals surface area (Å²) in [5.74, 6) is -0.462. The lowest BCUT2D eigenvalue weighted by Crippen LogP contribution is -2.38. The Kier molecular flexibility index (Phi) is 6.70. The molecule has 1 rings (SSSR count). The van der Waals surface area contributed by atoms with Crippen molar-refractivity contribution >= 4 is 18.4 Å². The van der Waals surface area contributed by atoms with Crippen molar-refractivity contribution in [3.05, 3.63) is 35.9 Å². The number of nitrogens with two attached hydrogens (primary N) is 2. The zero-order chi connectivity index (χ0) is 10.4. The first kappa shape index (κ1) is 13.9. The molecule has 84 valence electrons. The second-order valence-corrected chi connectivity index (χ2v) is 2.94. The van der Waals surface area contributed by atoms with Crippen molar-refractivity contribution in [2.75, 3.05) is 6.54 Å². The molecule has 0 aliphatic carbocycles. The van der Waals surface area contributed by atoms with E-state index in [1.165, 1.54) is 0 Å². The van der Waals surface area contributed by atoms with Crippen LogP contribution in [0.5, 0.6) is 0 Å². The summed E-state index contributed by atoms with van der Waals surface area (Å²) < 4.78 is 4.94. The summed E-state index contributed by atoms with van der Waals surface area (Å²) in [6.45, 7) is 0.348. The monoisotopic (exact) mass is 230 g/mol. The molecular weight excluding hydrogens is 216 g/mol. The number of carbonyl (C=O) groups is 1. The van der Waals surface area contributed by atoms with Crippen molar-refractivity contribution in [1.29, 1.82) is 0 Å². The molecular formula is C10H15ClN2O2. The SMILES string of the molecule is Cl.NCC(N)C(=O)OCc1ccccc1. The van der Waals surface area contributed by atoms with Gasteiger partial charge in [-0.1, -0.05) is 30.3 Å². The molecule has 15 heavy (non-hydrogen) atoms. The van der Waals surface area contributed by atoms with Crippen LogP contribution in [0.4, 0.5) is 0 Å². The lowest BCUT2D eigenvalue weighted by atomic mass is 10.2. The molecule has 0 spiro atoms. The lowest BCUT2D eigenvalue weighted by Gasteiger charge is -2.08. The number of rotatable bonds is 4. The van der Waals surface area contributed by atoms with Gasteiger partial charge in [0.2, 0.25) is 0 Å². The zero-order valence-corrected chi connectivity index (χ0v) is 9.07. The molecule has 0 saturated carbocycles. The third-order valence-electron chi connectivity index (χ3n) is 1.78. The Hall–Kier alpha value is -1.10. The summed E-state index contributed by atoms with van der Waals surface area (Å²) in [6.07, 6.45) is 0. The van der Waals surface area contributed by atoms with E-state index in [9.17, 15) is 4.79 Å². The summed E-state index contributed by atoms with van der Waals surface area (Å²) in [5, 5.41) is 0. The second kappa shape index (κ2) is 7.23. The van der Waals surface area contributed by atoms with Gasteiger partial charge in [0.25, 0.3) is 0 Å². The van der Waals surface area contributed by atoms with E-state index in [2.05, 4.69) is 0 Å². The van der Waals surface area contributed by atoms with E-state index in [0.29, 0.717) is 0 Å². The van der Waals surface area contributed by atoms with Gasteiger partial charge < -0.3 is 16.2 Å². The minimum atomic E-state index is -0.723. The van der Waals surface area contributed by atoms with Crippen LogP contribution in [0.3, 0.4) is 0 Å². The maximum atomic E-state index is 11.1. The van der Waals surface area contributed by atoms with Crippen LogP contribution in [0.2, 0.25) is 0 Å². The highest BCUT2D eigenvalue weighted by molar-refractivity contribution is 5.85. The van der Waals surface area contributed by atoms with Crippen molar-refractivity contribution in [2.24, 2.45) is 11.5 Å². The van der Waals surface area contributed by atoms with E-state index in [4.69, 9.17) is 16.2 Å². The first-order chi connectivity index (χ1) is 6.74. The van der Waals surface area contributed by atoms with E-state index in [1.54, 1.807) is 0 Å². The Balaban J connectivity index is 0.00000196. The number of hydrogen-bond donors (Lipinski definition) is 2. The van der Waals surface area contributed by atoms with Gasteiger partial charge in [-0.05, 0) is 5.56 Å². The fourth-order valence-electron chi connectivity index (χ4n) is 0.932. The Bertz CT molecular complexity index is 293. The topological polar surface area (TPSA) is 78.3 Å². The summed E-state index contributed by atoms with van der Waals surface area (Å²) >= 11 is 0. The predicted octanol–water partition coefficient (Wildman–Crippen LogP) is 0.438. The van der Waals surface area contributed by atoms with Crippen LogP contribution in [0, 0.1) is 0 Å². The van der Waals surface area contributed by atoms with Gasteiger partial charge in [0.15, 0.2) is 0 Å². The minimum absolute atomic E-state index is 0. The van der Waals surface area contributed by atoms with E-state index in [-0.39, 0.29) is 25.6 Å². The minimum Gasteiger partial charge on any atom is -0.460 e. The van der Waals surface area contributed by atoms with E-state index >= 15 is 0 Å². The van der Waals surface area contributed by atoms with E-state index in [0.717, 1.165) is 5.56 Å². The van der Waals surface area contributed by atoms with Crippen molar-refractivity contribution in [2.45, 2.75) is 12.6 Å². The molecule has 0 bridgehead atoms. The van der Waals surface area contributed by atoms with Crippen LogP contribution < -0.4 is 11.5 Å². The molecule has 0 amide bonds. The fraction of sp³-hybridized carbons (Fsp3) is 0.300. The van der Waals surface area contributed by atoms with E-state index in [1.807, 2.05) is 30.3 Å². The van der Waals surface area contributed by atoms with Crippen LogP contribution in [0.1, 0.15) is 5.56 Å². The summed E-state index contributed by atoms with van der Waals surface area (Å²) in [4.78, 5) is 11.1. The number of benzene rings is 1. The molecule has 4 N–H and O–H groups in total. The van der Waals surface area contributed by atoms with Gasteiger partial charge in [0.1, 0.15) is 12.6 Å². The van der Waals surface area contributed by atoms with Crippen LogP contribution in [0.15, 0.2) is 30.3 Å². The first-order valence-corrected chi connectivity index (χ1v) is 4.40. The van der Waals surface area contributed by atoms with Crippen LogP contribution >= 0.6 is 12.4 Å². The lowest BCUT2D eigenvalue weighted by molar-refractivity contribution is -0.146. The highest BCUT2D eigenvalue weighted by Crippen LogP contribution is 2.00. The smallest absolute Gasteiger partial charge is 0.324 e. The van der Waals surface area contributed by atoms with Gasteiger partial charge in [0, 0.05) is 6.54 Å². The summed E-state index contributed by atoms with van der Waals surface area (Å²) in [6, 6.07) is 8.69. The van der Waals surface area contributed by atoms with Crippen LogP contribution in [-0.2, 0) is 16.1 Å². The molecule has 0 aliphatic heterocycles. The molecule has 1 aromatic carbocycles. The third-order valence-corrected chi connectivity index (χ3v) is 1.78. The number of ether oxygens (including phenoxy) is 1. The van der Waals surface area contributed by atoms with Gasteiger partial charge in [-0.25, -0.2) is 0 Å². The average molecular weight is 231 g/mol. The van der Waals surface area contributed by atoms with Crippen molar-refractivity contribution in [3.63, 3.8) is 0 Å². The molecule has 0 fully saturated rings. The van der Waals surface area contributed by atoms with Crippen LogP contribution in [0.25, 0.3) is 0 Å². The molecule has 0 aliphatic rings. The van der Waals surface area contributed by atoms with Crippen LogP contribution in [-0.4, -0.2) is 18.6 Å². The number of hydrogen-bond acceptors (Lipinski definition) is 4. The normalized spacial score (nSPS) is 11.3. The summed E-state index contributed by atoms with van der Waals surface area (Å²) in [5.41, 5.74) is 11.5. The molecule has 0 heterocycles. The Morgan fingerprint density at radius 2 is 1.93 bits per heavy atom. The van der Waals surface area contributed by atoms with Crippen molar-refractivity contribution in [1.82, 2.24) is 0 Å². The first-order valence-electron chi connectivity index (χ1n) is 4.40. The standard InChI is InChI=1S/C10H14N2O2.ClH/c11-6-9(12)10(13)14-7-8-4-2-1-3-5-8;/h1-5,9H,6-7,11-12H2;1H. The fourth-order valence-corrected chi connectivity index (χ4v) is 0.932. The zero-order valence-electron chi connectivity index (χ0n) is 8.26. The Morgan fingerprint density at radius 3 is 2.47 bits per heavy atom. The number of halogens is 1. The molecule has 5 heteroatoms. The van der Waals surface area contributed by atoms with Gasteiger partial charge >= 0.3 is 5.97 Å². The molecule has 0 radical (unpaired) electrons. The highest BCUT2D eigenvalue weighted by atomic mass is 35.5. The third kappa shape index (κ3) is 4.78. The summed E-state index contributed by atoms with van der Waals surface area (Å²) in [7, 11) is 0. The highest BCUT2D eigenvalue weighted by Gasteiger charge is 2.12. The maximum absolute atomic E-state index is 11.1. The average Bonchev–Trinajstić information content (AvgIpc) is 2.26. The molecule has 1 atom stereocenters. The Labute approximate surface area is 95.0 Å². The van der Waals surface area contributed by atoms with Gasteiger partial charge in [-0.15, -0.1) is 12.4 Å². The van der Waals surface area contributed by atoms with Crippen molar-refractivity contribution < 1.29 is 9.53 Å². The largest absolute Gasteiger partial charge is 0.460 e.